The Morgan fingerprint density at radius 2 is 1.69 bits per heavy atom. The van der Waals surface area contributed by atoms with Crippen LogP contribution in [0.1, 0.15) is 105 Å². The van der Waals surface area contributed by atoms with E-state index in [0.29, 0.717) is 45.2 Å². The Hall–Kier alpha value is -2.55. The molecule has 3 saturated carbocycles. The van der Waals surface area contributed by atoms with Crippen molar-refractivity contribution in [1.29, 1.82) is 0 Å². The van der Waals surface area contributed by atoms with E-state index in [9.17, 15) is 29.1 Å². The number of Topliss-reactive ketones (excluding diaryl/α,β-unsaturated/α-hetero) is 1. The molecule has 4 aliphatic carbocycles. The molecule has 0 unspecified atom stereocenters. The van der Waals surface area contributed by atoms with E-state index in [-0.39, 0.29) is 60.5 Å². The summed E-state index contributed by atoms with van der Waals surface area (Å²) < 4.78 is 11.5. The Balaban J connectivity index is 1.56. The van der Waals surface area contributed by atoms with E-state index in [1.165, 1.54) is 0 Å². The lowest BCUT2D eigenvalue weighted by Crippen LogP contribution is -2.63. The first-order chi connectivity index (χ1) is 19.9. The smallest absolute Gasteiger partial charge is 0.306 e. The van der Waals surface area contributed by atoms with Crippen molar-refractivity contribution in [2.75, 3.05) is 19.7 Å². The molecule has 3 fully saturated rings. The predicted molar refractivity (Wildman–Crippen MR) is 155 cm³/mol. The van der Waals surface area contributed by atoms with Gasteiger partial charge in [-0.05, 0) is 88.0 Å². The largest absolute Gasteiger partial charge is 0.457 e. The Morgan fingerprint density at radius 1 is 0.976 bits per heavy atom. The lowest BCUT2D eigenvalue weighted by molar-refractivity contribution is -0.203. The lowest BCUT2D eigenvalue weighted by Gasteiger charge is -2.60. The topological polar surface area (TPSA) is 127 Å². The molecule has 1 amide bonds. The predicted octanol–water partition coefficient (Wildman–Crippen LogP) is 4.33. The number of amides is 1. The van der Waals surface area contributed by atoms with Gasteiger partial charge in [-0.1, -0.05) is 26.3 Å². The molecule has 42 heavy (non-hydrogen) atoms. The van der Waals surface area contributed by atoms with Crippen LogP contribution < -0.4 is 0 Å². The van der Waals surface area contributed by atoms with Crippen molar-refractivity contribution in [2.24, 2.45) is 28.6 Å². The summed E-state index contributed by atoms with van der Waals surface area (Å²) in [5, 5.41) is 11.8. The maximum absolute atomic E-state index is 14.0. The van der Waals surface area contributed by atoms with E-state index in [1.54, 1.807) is 11.0 Å². The van der Waals surface area contributed by atoms with E-state index >= 15 is 0 Å². The summed E-state index contributed by atoms with van der Waals surface area (Å²) in [6.45, 7) is 10.3. The van der Waals surface area contributed by atoms with Crippen LogP contribution in [0.2, 0.25) is 0 Å². The first-order valence-corrected chi connectivity index (χ1v) is 16.0. The third-order valence-electron chi connectivity index (χ3n) is 11.2. The second kappa shape index (κ2) is 12.6. The van der Waals surface area contributed by atoms with Crippen LogP contribution in [0, 0.1) is 28.6 Å². The summed E-state index contributed by atoms with van der Waals surface area (Å²) in [7, 11) is 0. The lowest BCUT2D eigenvalue weighted by atomic mass is 9.45. The van der Waals surface area contributed by atoms with Gasteiger partial charge in [0.2, 0.25) is 11.7 Å². The van der Waals surface area contributed by atoms with E-state index in [2.05, 4.69) is 6.92 Å². The Bertz CT molecular complexity index is 1130. The van der Waals surface area contributed by atoms with Gasteiger partial charge in [0.05, 0.1) is 12.5 Å². The molecule has 0 spiro atoms. The summed E-state index contributed by atoms with van der Waals surface area (Å²) in [4.78, 5) is 65.7. The number of aliphatic hydroxyl groups excluding tert-OH is 1. The minimum atomic E-state index is -1.51. The molecule has 9 heteroatoms. The molecule has 0 radical (unpaired) electrons. The molecule has 234 valence electrons. The van der Waals surface area contributed by atoms with Crippen LogP contribution in [0.25, 0.3) is 0 Å². The average Bonchev–Trinajstić information content (AvgIpc) is 3.23. The van der Waals surface area contributed by atoms with Gasteiger partial charge in [0.1, 0.15) is 0 Å². The molecule has 0 bridgehead atoms. The van der Waals surface area contributed by atoms with Gasteiger partial charge in [-0.3, -0.25) is 24.0 Å². The number of fused-ring (bicyclic) bond motifs is 5. The first-order valence-electron chi connectivity index (χ1n) is 16.0. The molecular formula is C33H49NO8. The molecular weight excluding hydrogens is 538 g/mol. The number of carbonyl (C=O) groups excluding carboxylic acids is 5. The van der Waals surface area contributed by atoms with Gasteiger partial charge in [-0.15, -0.1) is 0 Å². The fraction of sp³-hybridized carbons (Fsp3) is 0.788. The molecule has 9 nitrogen and oxygen atoms in total. The molecule has 4 aliphatic rings. The number of esters is 2. The van der Waals surface area contributed by atoms with Crippen molar-refractivity contribution < 1.29 is 38.6 Å². The van der Waals surface area contributed by atoms with Crippen molar-refractivity contribution in [3.8, 4) is 0 Å². The second-order valence-electron chi connectivity index (χ2n) is 13.3. The second-order valence-corrected chi connectivity index (χ2v) is 13.3. The quantitative estimate of drug-likeness (QED) is 0.354. The molecule has 7 atom stereocenters. The van der Waals surface area contributed by atoms with Gasteiger partial charge >= 0.3 is 11.9 Å². The Labute approximate surface area is 249 Å². The monoisotopic (exact) mass is 587 g/mol. The van der Waals surface area contributed by atoms with E-state index in [4.69, 9.17) is 9.47 Å². The molecule has 0 aliphatic heterocycles. The maximum atomic E-state index is 14.0. The number of allylic oxidation sites excluding steroid dienone is 1. The SMILES string of the molecule is CCCC(=O)O[C@]1(C(=O)COC(=O)CCC(=O)N(CC)CC)CC[C@H]2[C@@H]3CCC4=CC(=O)CC[C@]4(C)[C@H]3[C@@H](O)C[C@@]21C. The summed E-state index contributed by atoms with van der Waals surface area (Å²) in [5.41, 5.74) is -1.48. The highest BCUT2D eigenvalue weighted by Gasteiger charge is 2.70. The Kier molecular flexibility index (Phi) is 9.70. The third-order valence-corrected chi connectivity index (χ3v) is 11.2. The van der Waals surface area contributed by atoms with Gasteiger partial charge in [0.25, 0.3) is 0 Å². The summed E-state index contributed by atoms with van der Waals surface area (Å²) in [5.74, 6) is -1.47. The van der Waals surface area contributed by atoms with Crippen LogP contribution in [-0.4, -0.2) is 70.8 Å². The Morgan fingerprint density at radius 3 is 2.36 bits per heavy atom. The van der Waals surface area contributed by atoms with Crippen molar-refractivity contribution in [1.82, 2.24) is 4.90 Å². The minimum absolute atomic E-state index is 0.00117. The number of carbonyl (C=O) groups is 5. The molecule has 0 aromatic carbocycles. The maximum Gasteiger partial charge on any atom is 0.306 e. The van der Waals surface area contributed by atoms with Crippen LogP contribution in [-0.2, 0) is 33.4 Å². The first kappa shape index (κ1) is 32.4. The summed E-state index contributed by atoms with van der Waals surface area (Å²) in [6.07, 6.45) is 5.69. The fourth-order valence-electron chi connectivity index (χ4n) is 9.09. The van der Waals surface area contributed by atoms with Crippen molar-refractivity contribution in [3.05, 3.63) is 11.6 Å². The number of aliphatic hydroxyl groups is 1. The van der Waals surface area contributed by atoms with Crippen molar-refractivity contribution in [2.45, 2.75) is 117 Å². The van der Waals surface area contributed by atoms with Crippen LogP contribution in [0.4, 0.5) is 0 Å². The van der Waals surface area contributed by atoms with Gasteiger partial charge in [0, 0.05) is 37.8 Å². The fourth-order valence-corrected chi connectivity index (χ4v) is 9.09. The number of nitrogens with zero attached hydrogens (tertiary/aromatic N) is 1. The van der Waals surface area contributed by atoms with Gasteiger partial charge in [-0.2, -0.15) is 0 Å². The van der Waals surface area contributed by atoms with Crippen molar-refractivity contribution >= 4 is 29.4 Å². The number of ether oxygens (including phenoxy) is 2. The minimum Gasteiger partial charge on any atom is -0.457 e. The molecule has 1 N–H and O–H groups in total. The zero-order valence-corrected chi connectivity index (χ0v) is 26.0. The van der Waals surface area contributed by atoms with Crippen LogP contribution >= 0.6 is 0 Å². The number of hydrogen-bond acceptors (Lipinski definition) is 8. The van der Waals surface area contributed by atoms with E-state index in [1.807, 2.05) is 27.7 Å². The van der Waals surface area contributed by atoms with Gasteiger partial charge in [0.15, 0.2) is 18.0 Å². The van der Waals surface area contributed by atoms with Gasteiger partial charge in [-0.25, -0.2) is 0 Å². The highest BCUT2D eigenvalue weighted by Crippen LogP contribution is 2.68. The average molecular weight is 588 g/mol. The highest BCUT2D eigenvalue weighted by atomic mass is 16.6. The zero-order valence-electron chi connectivity index (χ0n) is 26.0. The van der Waals surface area contributed by atoms with E-state index < -0.39 is 41.4 Å². The molecule has 0 saturated heterocycles. The van der Waals surface area contributed by atoms with Crippen LogP contribution in [0.15, 0.2) is 11.6 Å². The highest BCUT2D eigenvalue weighted by molar-refractivity contribution is 5.94. The van der Waals surface area contributed by atoms with Crippen LogP contribution in [0.5, 0.6) is 0 Å². The molecule has 4 rings (SSSR count). The third kappa shape index (κ3) is 5.58. The van der Waals surface area contributed by atoms with Crippen molar-refractivity contribution in [3.63, 3.8) is 0 Å². The molecule has 0 aromatic heterocycles. The molecule has 0 heterocycles. The normalized spacial score (nSPS) is 35.3. The van der Waals surface area contributed by atoms with E-state index in [0.717, 1.165) is 18.4 Å². The van der Waals surface area contributed by atoms with Crippen LogP contribution in [0.3, 0.4) is 0 Å². The number of rotatable bonds is 11. The summed E-state index contributed by atoms with van der Waals surface area (Å²) >= 11 is 0. The van der Waals surface area contributed by atoms with Gasteiger partial charge < -0.3 is 19.5 Å². The molecule has 0 aromatic rings. The zero-order chi connectivity index (χ0) is 30.9. The standard InChI is InChI=1S/C33H49NO8/c1-6-9-29(40)42-33(26(37)20-41-28(39)13-12-27(38)34(7-2)8-3)17-15-24-23-11-10-21-18-22(35)14-16-31(21,4)30(23)25(36)19-32(24,33)5/h18,23-25,30,36H,6-17,19-20H2,1-5H3/t23-,24-,25-,30+,31-,32-,33-/m0/s1. The summed E-state index contributed by atoms with van der Waals surface area (Å²) in [6, 6.07) is 0. The number of ketones is 2. The number of hydrogen-bond donors (Lipinski definition) is 1.